The molecule has 0 spiro atoms. The van der Waals surface area contributed by atoms with E-state index in [2.05, 4.69) is 0 Å². The summed E-state index contributed by atoms with van der Waals surface area (Å²) in [4.78, 5) is 46.7. The van der Waals surface area contributed by atoms with Gasteiger partial charge in [0.25, 0.3) is 0 Å². The second kappa shape index (κ2) is 7.16. The van der Waals surface area contributed by atoms with Crippen molar-refractivity contribution >= 4 is 28.9 Å². The Bertz CT molecular complexity index is 922. The van der Waals surface area contributed by atoms with E-state index in [9.17, 15) is 24.3 Å². The number of aromatic carboxylic acids is 1. The minimum atomic E-state index is -1.39. The van der Waals surface area contributed by atoms with Gasteiger partial charge in [-0.15, -0.1) is 0 Å². The van der Waals surface area contributed by atoms with Crippen LogP contribution in [0.25, 0.3) is 11.0 Å². The van der Waals surface area contributed by atoms with Crippen LogP contribution in [-0.2, 0) is 9.59 Å². The molecule has 1 aromatic heterocycles. The highest BCUT2D eigenvalue weighted by atomic mass is 16.6. The maximum absolute atomic E-state index is 11.8. The highest BCUT2D eigenvalue weighted by Crippen LogP contribution is 2.40. The molecule has 0 aliphatic rings. The molecule has 0 amide bonds. The van der Waals surface area contributed by atoms with Crippen LogP contribution in [0.4, 0.5) is 0 Å². The van der Waals surface area contributed by atoms with Crippen LogP contribution < -0.4 is 15.1 Å². The zero-order valence-corrected chi connectivity index (χ0v) is 13.9. The second-order valence-corrected chi connectivity index (χ2v) is 5.17. The molecule has 0 unspecified atom stereocenters. The topological polar surface area (TPSA) is 120 Å². The predicted molar refractivity (Wildman–Crippen MR) is 86.0 cm³/mol. The molecule has 25 heavy (non-hydrogen) atoms. The van der Waals surface area contributed by atoms with Gasteiger partial charge >= 0.3 is 23.5 Å². The summed E-state index contributed by atoms with van der Waals surface area (Å²) in [6.07, 6.45) is -0.0496. The number of ether oxygens (including phenoxy) is 2. The molecule has 1 heterocycles. The monoisotopic (exact) mass is 348 g/mol. The smallest absolute Gasteiger partial charge is 0.339 e. The van der Waals surface area contributed by atoms with E-state index in [1.165, 1.54) is 26.0 Å². The van der Waals surface area contributed by atoms with Crippen molar-refractivity contribution in [3.05, 3.63) is 33.7 Å². The average Bonchev–Trinajstić information content (AvgIpc) is 2.55. The molecule has 0 saturated carbocycles. The number of esters is 2. The van der Waals surface area contributed by atoms with E-state index in [4.69, 9.17) is 13.9 Å². The van der Waals surface area contributed by atoms with Crippen LogP contribution in [0.15, 0.2) is 21.3 Å². The lowest BCUT2D eigenvalue weighted by Crippen LogP contribution is -2.15. The number of carboxylic acids is 1. The molecule has 0 fully saturated rings. The molecule has 0 saturated heterocycles. The molecular weight excluding hydrogens is 332 g/mol. The van der Waals surface area contributed by atoms with E-state index in [0.29, 0.717) is 5.56 Å². The number of aryl methyl sites for hydroxylation is 1. The number of fused-ring (bicyclic) bond motifs is 1. The summed E-state index contributed by atoms with van der Waals surface area (Å²) in [7, 11) is 0. The number of hydrogen-bond acceptors (Lipinski definition) is 7. The average molecular weight is 348 g/mol. The molecule has 2 aromatic rings. The van der Waals surface area contributed by atoms with Crippen LogP contribution in [0, 0.1) is 6.92 Å². The summed E-state index contributed by atoms with van der Waals surface area (Å²) in [6, 6.07) is 2.38. The normalized spacial score (nSPS) is 10.5. The van der Waals surface area contributed by atoms with Gasteiger partial charge in [-0.25, -0.2) is 9.59 Å². The van der Waals surface area contributed by atoms with Crippen molar-refractivity contribution in [3.8, 4) is 11.5 Å². The number of rotatable bonds is 5. The quantitative estimate of drug-likeness (QED) is 0.497. The molecule has 0 aliphatic heterocycles. The van der Waals surface area contributed by atoms with E-state index in [-0.39, 0.29) is 29.4 Å². The molecule has 1 N–H and O–H groups in total. The molecular formula is C17H16O8. The van der Waals surface area contributed by atoms with Gasteiger partial charge in [0.05, 0.1) is 0 Å². The van der Waals surface area contributed by atoms with E-state index >= 15 is 0 Å². The number of carboxylic acid groups (broad SMARTS) is 1. The zero-order valence-electron chi connectivity index (χ0n) is 13.9. The largest absolute Gasteiger partial charge is 0.478 e. The highest BCUT2D eigenvalue weighted by Gasteiger charge is 2.26. The van der Waals surface area contributed by atoms with Crippen molar-refractivity contribution in [2.45, 2.75) is 33.6 Å². The third-order valence-electron chi connectivity index (χ3n) is 3.39. The molecule has 8 nitrogen and oxygen atoms in total. The van der Waals surface area contributed by atoms with E-state index in [0.717, 1.165) is 0 Å². The molecule has 132 valence electrons. The summed E-state index contributed by atoms with van der Waals surface area (Å²) in [5, 5.41) is 9.70. The lowest BCUT2D eigenvalue weighted by Gasteiger charge is -2.15. The van der Waals surface area contributed by atoms with E-state index in [1.54, 1.807) is 6.92 Å². The number of benzene rings is 1. The maximum Gasteiger partial charge on any atom is 0.339 e. The van der Waals surface area contributed by atoms with Gasteiger partial charge in [0.1, 0.15) is 5.56 Å². The van der Waals surface area contributed by atoms with Crippen molar-refractivity contribution in [2.24, 2.45) is 0 Å². The summed E-state index contributed by atoms with van der Waals surface area (Å²) in [6.45, 7) is 4.63. The standard InChI is InChI=1S/C17H16O8/c1-4-11(18)23-15-10(17(21)22)7-9-8(3)6-13(20)25-14(9)16(15)24-12(19)5-2/h6-7H,4-5H2,1-3H3,(H,21,22). The van der Waals surface area contributed by atoms with Crippen LogP contribution in [0.3, 0.4) is 0 Å². The summed E-state index contributed by atoms with van der Waals surface area (Å²) < 4.78 is 15.3. The minimum Gasteiger partial charge on any atom is -0.478 e. The third-order valence-corrected chi connectivity index (χ3v) is 3.39. The summed E-state index contributed by atoms with van der Waals surface area (Å²) in [5.41, 5.74) is -0.827. The third kappa shape index (κ3) is 3.68. The first kappa shape index (κ1) is 18.2. The van der Waals surface area contributed by atoms with Crippen molar-refractivity contribution in [1.82, 2.24) is 0 Å². The molecule has 2 rings (SSSR count). The fraction of sp³-hybridized carbons (Fsp3) is 0.294. The van der Waals surface area contributed by atoms with Crippen LogP contribution in [-0.4, -0.2) is 23.0 Å². The van der Waals surface area contributed by atoms with Gasteiger partial charge in [-0.2, -0.15) is 0 Å². The van der Waals surface area contributed by atoms with Gasteiger partial charge in [0.15, 0.2) is 11.3 Å². The van der Waals surface area contributed by atoms with Crippen molar-refractivity contribution in [2.75, 3.05) is 0 Å². The Hall–Kier alpha value is -3.16. The molecule has 0 atom stereocenters. The first-order valence-corrected chi connectivity index (χ1v) is 7.54. The Morgan fingerprint density at radius 3 is 2.12 bits per heavy atom. The number of hydrogen-bond donors (Lipinski definition) is 1. The summed E-state index contributed by atoms with van der Waals surface area (Å²) in [5.74, 6) is -3.70. The van der Waals surface area contributed by atoms with Crippen LogP contribution in [0.1, 0.15) is 42.6 Å². The van der Waals surface area contributed by atoms with Crippen molar-refractivity contribution in [3.63, 3.8) is 0 Å². The van der Waals surface area contributed by atoms with Crippen LogP contribution >= 0.6 is 0 Å². The number of carbonyl (C=O) groups is 3. The van der Waals surface area contributed by atoms with Crippen LogP contribution in [0.2, 0.25) is 0 Å². The zero-order chi connectivity index (χ0) is 18.7. The Kier molecular flexibility index (Phi) is 5.21. The second-order valence-electron chi connectivity index (χ2n) is 5.17. The van der Waals surface area contributed by atoms with Gasteiger partial charge in [0.2, 0.25) is 5.75 Å². The SMILES string of the molecule is CCC(=O)Oc1c(C(=O)O)cc2c(C)cc(=O)oc2c1OC(=O)CC. The fourth-order valence-corrected chi connectivity index (χ4v) is 2.13. The Balaban J connectivity index is 2.91. The van der Waals surface area contributed by atoms with Gasteiger partial charge in [0, 0.05) is 24.3 Å². The van der Waals surface area contributed by atoms with Gasteiger partial charge < -0.3 is 19.0 Å². The predicted octanol–water partition coefficient (Wildman–Crippen LogP) is 2.43. The molecule has 0 radical (unpaired) electrons. The maximum atomic E-state index is 11.8. The van der Waals surface area contributed by atoms with Crippen molar-refractivity contribution < 1.29 is 33.4 Å². The molecule has 1 aromatic carbocycles. The van der Waals surface area contributed by atoms with Gasteiger partial charge in [-0.05, 0) is 18.6 Å². The first-order chi connectivity index (χ1) is 11.8. The molecule has 8 heteroatoms. The van der Waals surface area contributed by atoms with E-state index < -0.39 is 35.0 Å². The van der Waals surface area contributed by atoms with Gasteiger partial charge in [-0.3, -0.25) is 9.59 Å². The number of carbonyl (C=O) groups excluding carboxylic acids is 2. The Labute approximate surface area is 142 Å². The highest BCUT2D eigenvalue weighted by molar-refractivity contribution is 6.02. The van der Waals surface area contributed by atoms with Crippen LogP contribution in [0.5, 0.6) is 11.5 Å². The lowest BCUT2D eigenvalue weighted by molar-refractivity contribution is -0.136. The van der Waals surface area contributed by atoms with E-state index in [1.807, 2.05) is 0 Å². The molecule has 0 bridgehead atoms. The lowest BCUT2D eigenvalue weighted by atomic mass is 10.1. The fourth-order valence-electron chi connectivity index (χ4n) is 2.13. The van der Waals surface area contributed by atoms with Gasteiger partial charge in [-0.1, -0.05) is 13.8 Å². The minimum absolute atomic E-state index is 0.0179. The van der Waals surface area contributed by atoms with Crippen molar-refractivity contribution in [1.29, 1.82) is 0 Å². The molecule has 0 aliphatic carbocycles. The summed E-state index contributed by atoms with van der Waals surface area (Å²) >= 11 is 0. The first-order valence-electron chi connectivity index (χ1n) is 7.54. The Morgan fingerprint density at radius 2 is 1.60 bits per heavy atom. The Morgan fingerprint density at radius 1 is 1.04 bits per heavy atom.